The Morgan fingerprint density at radius 3 is 1.18 bits per heavy atom. The number of rotatable bonds is 67. The maximum atomic E-state index is 13.5. The summed E-state index contributed by atoms with van der Waals surface area (Å²) in [4.78, 5) is 26.7. The van der Waals surface area contributed by atoms with Crippen molar-refractivity contribution in [3.63, 3.8) is 0 Å². The lowest BCUT2D eigenvalue weighted by Gasteiger charge is -2.41. The number of nitrogens with one attached hydrogen (secondary N) is 1. The fourth-order valence-corrected chi connectivity index (χ4v) is 12.2. The van der Waals surface area contributed by atoms with Crippen LogP contribution in [0.5, 0.6) is 0 Å². The van der Waals surface area contributed by atoms with Gasteiger partial charge >= 0.3 is 5.97 Å². The van der Waals surface area contributed by atoms with Crippen LogP contribution in [0.1, 0.15) is 374 Å². The number of allylic oxidation sites excluding steroid dienone is 7. The Kier molecular flexibility index (Phi) is 62.4. The van der Waals surface area contributed by atoms with Crippen molar-refractivity contribution in [3.05, 3.63) is 48.6 Å². The Balaban J connectivity index is 2.48. The lowest BCUT2D eigenvalue weighted by atomic mass is 9.99. The fraction of sp³-hybridized carbons (Fsp3) is 0.872. The summed E-state index contributed by atoms with van der Waals surface area (Å²) in [5.41, 5.74) is 0. The molecule has 11 heteroatoms. The number of amides is 1. The molecule has 1 amide bonds. The van der Waals surface area contributed by atoms with E-state index in [0.29, 0.717) is 19.3 Å². The van der Waals surface area contributed by atoms with Gasteiger partial charge in [-0.25, -0.2) is 0 Å². The summed E-state index contributed by atoms with van der Waals surface area (Å²) >= 11 is 0. The van der Waals surface area contributed by atoms with E-state index in [1.54, 1.807) is 6.08 Å². The summed E-state index contributed by atoms with van der Waals surface area (Å²) in [5, 5.41) is 57.3. The first-order valence-corrected chi connectivity index (χ1v) is 38.4. The molecule has 8 atom stereocenters. The summed E-state index contributed by atoms with van der Waals surface area (Å²) in [5.74, 6) is -1.18. The van der Waals surface area contributed by atoms with Crippen LogP contribution in [0.25, 0.3) is 0 Å². The lowest BCUT2D eigenvalue weighted by molar-refractivity contribution is -0.305. The van der Waals surface area contributed by atoms with Crippen molar-refractivity contribution in [2.45, 2.75) is 423 Å². The first-order valence-electron chi connectivity index (χ1n) is 38.4. The van der Waals surface area contributed by atoms with Gasteiger partial charge in [-0.15, -0.1) is 0 Å². The Morgan fingerprint density at radius 1 is 0.438 bits per heavy atom. The lowest BCUT2D eigenvalue weighted by Crippen LogP contribution is -2.61. The van der Waals surface area contributed by atoms with Crippen LogP contribution in [-0.4, -0.2) is 99.6 Å². The van der Waals surface area contributed by atoms with Crippen LogP contribution in [0.3, 0.4) is 0 Å². The van der Waals surface area contributed by atoms with E-state index in [0.717, 1.165) is 64.2 Å². The predicted octanol–water partition coefficient (Wildman–Crippen LogP) is 20.3. The topological polar surface area (TPSA) is 175 Å². The minimum absolute atomic E-state index is 0.127. The van der Waals surface area contributed by atoms with E-state index in [1.807, 2.05) is 6.08 Å². The molecule has 1 aliphatic heterocycles. The van der Waals surface area contributed by atoms with Crippen LogP contribution in [0.15, 0.2) is 48.6 Å². The van der Waals surface area contributed by atoms with Gasteiger partial charge in [0.2, 0.25) is 5.91 Å². The SMILES string of the molecule is CCCCC/C=C\C/C=C\CCCCCCCCCCCCCCCCCCCC(=O)OC1C(OCC(NC(=O)C(O)CCCCCCCCCCCCCC/C=C/CCCCCCCC)C(O)/C=C/CCCCCCCCCCC)OC(CO)C(O)C1O. The van der Waals surface area contributed by atoms with E-state index in [1.165, 1.54) is 263 Å². The Labute approximate surface area is 548 Å². The van der Waals surface area contributed by atoms with Gasteiger partial charge in [0.1, 0.15) is 24.4 Å². The van der Waals surface area contributed by atoms with Gasteiger partial charge in [0.25, 0.3) is 0 Å². The molecule has 89 heavy (non-hydrogen) atoms. The van der Waals surface area contributed by atoms with Crippen LogP contribution < -0.4 is 5.32 Å². The molecule has 0 bridgehead atoms. The third kappa shape index (κ3) is 52.7. The number of unbranched alkanes of at least 4 members (excludes halogenated alkanes) is 47. The second-order valence-electron chi connectivity index (χ2n) is 26.7. The molecule has 0 aromatic carbocycles. The van der Waals surface area contributed by atoms with Crippen molar-refractivity contribution in [2.75, 3.05) is 13.2 Å². The smallest absolute Gasteiger partial charge is 0.306 e. The number of aliphatic hydroxyl groups excluding tert-OH is 5. The molecule has 11 nitrogen and oxygen atoms in total. The average molecular weight is 1260 g/mol. The van der Waals surface area contributed by atoms with Crippen molar-refractivity contribution < 1.29 is 49.3 Å². The highest BCUT2D eigenvalue weighted by molar-refractivity contribution is 5.80. The highest BCUT2D eigenvalue weighted by Crippen LogP contribution is 2.27. The Morgan fingerprint density at radius 2 is 0.775 bits per heavy atom. The zero-order valence-electron chi connectivity index (χ0n) is 58.3. The summed E-state index contributed by atoms with van der Waals surface area (Å²) in [6.07, 6.45) is 73.1. The van der Waals surface area contributed by atoms with E-state index in [2.05, 4.69) is 62.5 Å². The van der Waals surface area contributed by atoms with Gasteiger partial charge < -0.3 is 45.1 Å². The number of carbonyl (C=O) groups excluding carboxylic acids is 2. The van der Waals surface area contributed by atoms with E-state index in [9.17, 15) is 35.1 Å². The monoisotopic (exact) mass is 1260 g/mol. The second-order valence-corrected chi connectivity index (χ2v) is 26.7. The van der Waals surface area contributed by atoms with Gasteiger partial charge in [0.05, 0.1) is 25.4 Å². The van der Waals surface area contributed by atoms with Gasteiger partial charge in [-0.2, -0.15) is 0 Å². The highest BCUT2D eigenvalue weighted by Gasteiger charge is 2.47. The third-order valence-corrected chi connectivity index (χ3v) is 18.2. The molecule has 1 fully saturated rings. The van der Waals surface area contributed by atoms with Crippen LogP contribution >= 0.6 is 0 Å². The predicted molar refractivity (Wildman–Crippen MR) is 375 cm³/mol. The van der Waals surface area contributed by atoms with Crippen LogP contribution in [0.2, 0.25) is 0 Å². The molecule has 1 aliphatic rings. The number of hydrogen-bond donors (Lipinski definition) is 6. The Hall–Kier alpha value is -2.38. The molecule has 0 spiro atoms. The van der Waals surface area contributed by atoms with Gasteiger partial charge in [0.15, 0.2) is 12.4 Å². The van der Waals surface area contributed by atoms with E-state index in [-0.39, 0.29) is 13.0 Å². The van der Waals surface area contributed by atoms with Gasteiger partial charge in [-0.3, -0.25) is 9.59 Å². The van der Waals surface area contributed by atoms with Gasteiger partial charge in [-0.05, 0) is 83.5 Å². The summed E-state index contributed by atoms with van der Waals surface area (Å²) in [6, 6.07) is -1.02. The second kappa shape index (κ2) is 65.7. The van der Waals surface area contributed by atoms with Crippen molar-refractivity contribution in [1.29, 1.82) is 0 Å². The molecule has 1 heterocycles. The molecule has 0 saturated carbocycles. The number of hydrogen-bond acceptors (Lipinski definition) is 10. The van der Waals surface area contributed by atoms with E-state index >= 15 is 0 Å². The van der Waals surface area contributed by atoms with Crippen molar-refractivity contribution >= 4 is 11.9 Å². The highest BCUT2D eigenvalue weighted by atomic mass is 16.7. The zero-order valence-corrected chi connectivity index (χ0v) is 58.3. The number of esters is 1. The average Bonchev–Trinajstić information content (AvgIpc) is 1.43. The zero-order chi connectivity index (χ0) is 64.6. The number of aliphatic hydroxyl groups is 5. The molecule has 522 valence electrons. The number of ether oxygens (including phenoxy) is 3. The van der Waals surface area contributed by atoms with Crippen LogP contribution in [0, 0.1) is 0 Å². The third-order valence-electron chi connectivity index (χ3n) is 18.2. The first-order chi connectivity index (χ1) is 43.7. The molecular weight excluding hydrogens is 1110 g/mol. The summed E-state index contributed by atoms with van der Waals surface area (Å²) in [7, 11) is 0. The maximum Gasteiger partial charge on any atom is 0.306 e. The maximum absolute atomic E-state index is 13.5. The van der Waals surface area contributed by atoms with Crippen LogP contribution in [0.4, 0.5) is 0 Å². The van der Waals surface area contributed by atoms with Crippen LogP contribution in [-0.2, 0) is 23.8 Å². The van der Waals surface area contributed by atoms with E-state index < -0.39 is 67.4 Å². The fourth-order valence-electron chi connectivity index (χ4n) is 12.2. The van der Waals surface area contributed by atoms with Crippen molar-refractivity contribution in [3.8, 4) is 0 Å². The molecule has 0 radical (unpaired) electrons. The standard InChI is InChI=1S/C78H145NO10/c1-4-7-10-13-16-19-22-24-26-28-30-32-34-35-36-37-38-40-42-44-46-48-51-54-57-60-63-66-73(83)89-76-75(85)74(84)72(67-80)88-78(76)87-68-69(70(81)64-61-58-55-52-49-21-18-15-12-9-6-3)79-77(86)71(82)65-62-59-56-53-50-47-45-43-41-39-33-31-29-27-25-23-20-17-14-11-8-5-2/h16,19,24-27,61,64,69-72,74-76,78,80-82,84-85H,4-15,17-18,20-23,28-60,62-63,65-68H2,1-3H3,(H,79,86)/b19-16-,26-24-,27-25+,64-61+. The van der Waals surface area contributed by atoms with E-state index in [4.69, 9.17) is 14.2 Å². The molecular formula is C78H145NO10. The normalized spacial score (nSPS) is 18.3. The molecule has 0 aliphatic carbocycles. The molecule has 1 rings (SSSR count). The van der Waals surface area contributed by atoms with Crippen molar-refractivity contribution in [1.82, 2.24) is 5.32 Å². The molecule has 0 aromatic rings. The summed E-state index contributed by atoms with van der Waals surface area (Å²) in [6.45, 7) is 5.81. The van der Waals surface area contributed by atoms with Gasteiger partial charge in [-0.1, -0.05) is 333 Å². The van der Waals surface area contributed by atoms with Crippen molar-refractivity contribution in [2.24, 2.45) is 0 Å². The molecule has 6 N–H and O–H groups in total. The minimum atomic E-state index is -1.61. The Bertz CT molecular complexity index is 1640. The van der Waals surface area contributed by atoms with Gasteiger partial charge in [0, 0.05) is 6.42 Å². The minimum Gasteiger partial charge on any atom is -0.454 e. The number of carbonyl (C=O) groups is 2. The summed E-state index contributed by atoms with van der Waals surface area (Å²) < 4.78 is 17.7. The molecule has 8 unspecified atom stereocenters. The largest absolute Gasteiger partial charge is 0.454 e. The molecule has 0 aromatic heterocycles. The molecule has 1 saturated heterocycles. The first kappa shape index (κ1) is 84.6. The quantitative estimate of drug-likeness (QED) is 0.0195.